The molecule has 0 aliphatic rings. The summed E-state index contributed by atoms with van der Waals surface area (Å²) in [6, 6.07) is 3.22. The van der Waals surface area contributed by atoms with Gasteiger partial charge in [0.25, 0.3) is 5.56 Å². The topological polar surface area (TPSA) is 102 Å². The first-order valence-electron chi connectivity index (χ1n) is 7.42. The zero-order valence-electron chi connectivity index (χ0n) is 13.5. The van der Waals surface area contributed by atoms with E-state index >= 15 is 0 Å². The Morgan fingerprint density at radius 1 is 1.39 bits per heavy atom. The van der Waals surface area contributed by atoms with Crippen molar-refractivity contribution in [3.05, 3.63) is 50.6 Å². The number of aromatic nitrogens is 4. The Bertz CT molecular complexity index is 802. The van der Waals surface area contributed by atoms with E-state index in [4.69, 9.17) is 0 Å². The Morgan fingerprint density at radius 2 is 2.13 bits per heavy atom. The third-order valence-corrected chi connectivity index (χ3v) is 3.45. The van der Waals surface area contributed by atoms with Crippen molar-refractivity contribution < 1.29 is 4.79 Å². The molecule has 0 aliphatic heterocycles. The molecule has 2 N–H and O–H groups in total. The molecule has 0 aromatic carbocycles. The van der Waals surface area contributed by atoms with Crippen molar-refractivity contribution in [1.82, 2.24) is 24.6 Å². The lowest BCUT2D eigenvalue weighted by Gasteiger charge is -2.14. The van der Waals surface area contributed by atoms with E-state index in [1.165, 1.54) is 12.3 Å². The fourth-order valence-electron chi connectivity index (χ4n) is 2.29. The molecule has 1 amide bonds. The van der Waals surface area contributed by atoms with Gasteiger partial charge in [-0.05, 0) is 25.8 Å². The minimum absolute atomic E-state index is 0.123. The van der Waals surface area contributed by atoms with E-state index in [1.807, 2.05) is 31.5 Å². The number of H-pyrrole nitrogens is 1. The van der Waals surface area contributed by atoms with Crippen LogP contribution < -0.4 is 16.6 Å². The van der Waals surface area contributed by atoms with Crippen molar-refractivity contribution in [2.24, 2.45) is 5.92 Å². The quantitative estimate of drug-likeness (QED) is 0.770. The van der Waals surface area contributed by atoms with Crippen LogP contribution in [0.3, 0.4) is 0 Å². The zero-order valence-corrected chi connectivity index (χ0v) is 13.5. The highest BCUT2D eigenvalue weighted by Crippen LogP contribution is 2.05. The van der Waals surface area contributed by atoms with Crippen molar-refractivity contribution >= 4 is 5.91 Å². The number of rotatable bonds is 6. The van der Waals surface area contributed by atoms with Crippen LogP contribution in [0.2, 0.25) is 0 Å². The smallest absolute Gasteiger partial charge is 0.328 e. The van der Waals surface area contributed by atoms with Crippen molar-refractivity contribution in [2.75, 3.05) is 6.54 Å². The van der Waals surface area contributed by atoms with Gasteiger partial charge >= 0.3 is 5.69 Å². The van der Waals surface area contributed by atoms with Gasteiger partial charge in [-0.2, -0.15) is 5.10 Å². The van der Waals surface area contributed by atoms with Gasteiger partial charge < -0.3 is 5.32 Å². The maximum absolute atomic E-state index is 11.9. The molecule has 0 radical (unpaired) electrons. The molecule has 2 aromatic rings. The van der Waals surface area contributed by atoms with Crippen LogP contribution >= 0.6 is 0 Å². The van der Waals surface area contributed by atoms with Gasteiger partial charge in [0.2, 0.25) is 5.91 Å². The molecule has 0 saturated heterocycles. The number of aromatic amines is 1. The highest BCUT2D eigenvalue weighted by molar-refractivity contribution is 5.75. The van der Waals surface area contributed by atoms with Crippen molar-refractivity contribution in [1.29, 1.82) is 0 Å². The number of carbonyl (C=O) groups excluding carboxylic acids is 1. The van der Waals surface area contributed by atoms with Crippen LogP contribution in [0.4, 0.5) is 0 Å². The molecule has 2 rings (SSSR count). The molecule has 23 heavy (non-hydrogen) atoms. The molecule has 1 atom stereocenters. The number of amides is 1. The molecule has 0 aliphatic carbocycles. The molecule has 0 saturated carbocycles. The standard InChI is InChI=1S/C15H21N5O3/c1-10(8-20-12(3)6-11(2)18-20)7-16-14(22)9-19-5-4-13(21)17-15(19)23/h4-6,10H,7-9H2,1-3H3,(H,16,22)(H,17,21,23). The normalized spacial score (nSPS) is 12.1. The van der Waals surface area contributed by atoms with Gasteiger partial charge in [0.15, 0.2) is 0 Å². The Hall–Kier alpha value is -2.64. The van der Waals surface area contributed by atoms with E-state index in [0.29, 0.717) is 13.1 Å². The van der Waals surface area contributed by atoms with E-state index < -0.39 is 11.2 Å². The Balaban J connectivity index is 1.85. The average molecular weight is 319 g/mol. The highest BCUT2D eigenvalue weighted by atomic mass is 16.2. The third kappa shape index (κ3) is 4.67. The summed E-state index contributed by atoms with van der Waals surface area (Å²) in [4.78, 5) is 36.5. The van der Waals surface area contributed by atoms with Crippen LogP contribution in [0, 0.1) is 19.8 Å². The van der Waals surface area contributed by atoms with Crippen LogP contribution in [0.1, 0.15) is 18.3 Å². The second-order valence-corrected chi connectivity index (χ2v) is 5.76. The number of hydrogen-bond donors (Lipinski definition) is 2. The zero-order chi connectivity index (χ0) is 17.0. The van der Waals surface area contributed by atoms with E-state index in [2.05, 4.69) is 15.4 Å². The summed E-state index contributed by atoms with van der Waals surface area (Å²) in [5, 5.41) is 7.18. The van der Waals surface area contributed by atoms with Gasteiger partial charge in [-0.3, -0.25) is 23.8 Å². The first-order chi connectivity index (χ1) is 10.8. The summed E-state index contributed by atoms with van der Waals surface area (Å²) in [5.74, 6) is -0.0800. The molecule has 124 valence electrons. The summed E-state index contributed by atoms with van der Waals surface area (Å²) >= 11 is 0. The van der Waals surface area contributed by atoms with Crippen molar-refractivity contribution in [3.63, 3.8) is 0 Å². The van der Waals surface area contributed by atoms with Gasteiger partial charge in [0.1, 0.15) is 6.54 Å². The fourth-order valence-corrected chi connectivity index (χ4v) is 2.29. The maximum Gasteiger partial charge on any atom is 0.328 e. The van der Waals surface area contributed by atoms with E-state index in [1.54, 1.807) is 0 Å². The first-order valence-corrected chi connectivity index (χ1v) is 7.42. The predicted molar refractivity (Wildman–Crippen MR) is 85.2 cm³/mol. The molecule has 0 fully saturated rings. The lowest BCUT2D eigenvalue weighted by molar-refractivity contribution is -0.121. The molecule has 8 nitrogen and oxygen atoms in total. The molecule has 8 heteroatoms. The van der Waals surface area contributed by atoms with Crippen LogP contribution in [-0.4, -0.2) is 31.8 Å². The number of carbonyl (C=O) groups is 1. The lowest BCUT2D eigenvalue weighted by atomic mass is 10.2. The first kappa shape index (κ1) is 16.7. The average Bonchev–Trinajstić information content (AvgIpc) is 2.78. The molecule has 0 bridgehead atoms. The van der Waals surface area contributed by atoms with Crippen LogP contribution in [0.5, 0.6) is 0 Å². The predicted octanol–water partition coefficient (Wildman–Crippen LogP) is -0.198. The monoisotopic (exact) mass is 319 g/mol. The maximum atomic E-state index is 11.9. The number of nitrogens with one attached hydrogen (secondary N) is 2. The Morgan fingerprint density at radius 3 is 2.74 bits per heavy atom. The lowest BCUT2D eigenvalue weighted by Crippen LogP contribution is -2.37. The van der Waals surface area contributed by atoms with Gasteiger partial charge in [-0.15, -0.1) is 0 Å². The van der Waals surface area contributed by atoms with Crippen molar-refractivity contribution in [3.8, 4) is 0 Å². The molecule has 1 unspecified atom stereocenters. The summed E-state index contributed by atoms with van der Waals surface area (Å²) < 4.78 is 3.07. The molecular weight excluding hydrogens is 298 g/mol. The number of hydrogen-bond acceptors (Lipinski definition) is 4. The Kier molecular flexibility index (Phi) is 5.15. The summed E-state index contributed by atoms with van der Waals surface area (Å²) in [5.41, 5.74) is 0.977. The minimum atomic E-state index is -0.594. The van der Waals surface area contributed by atoms with Gasteiger partial charge in [0.05, 0.1) is 5.69 Å². The molecule has 2 heterocycles. The van der Waals surface area contributed by atoms with E-state index in [9.17, 15) is 14.4 Å². The van der Waals surface area contributed by atoms with E-state index in [0.717, 1.165) is 16.0 Å². The molecule has 0 spiro atoms. The fraction of sp³-hybridized carbons (Fsp3) is 0.467. The second kappa shape index (κ2) is 7.08. The largest absolute Gasteiger partial charge is 0.354 e. The third-order valence-electron chi connectivity index (χ3n) is 3.45. The molecule has 2 aromatic heterocycles. The second-order valence-electron chi connectivity index (χ2n) is 5.76. The SMILES string of the molecule is Cc1cc(C)n(CC(C)CNC(=O)Cn2ccc(=O)[nH]c2=O)n1. The van der Waals surface area contributed by atoms with Crippen LogP contribution in [0.15, 0.2) is 27.9 Å². The summed E-state index contributed by atoms with van der Waals surface area (Å²) in [6.07, 6.45) is 1.31. The van der Waals surface area contributed by atoms with Crippen molar-refractivity contribution in [2.45, 2.75) is 33.9 Å². The van der Waals surface area contributed by atoms with E-state index in [-0.39, 0.29) is 18.4 Å². The van der Waals surface area contributed by atoms with Crippen LogP contribution in [-0.2, 0) is 17.9 Å². The minimum Gasteiger partial charge on any atom is -0.354 e. The highest BCUT2D eigenvalue weighted by Gasteiger charge is 2.10. The Labute approximate surface area is 133 Å². The summed E-state index contributed by atoms with van der Waals surface area (Å²) in [6.45, 7) is 7.02. The number of aryl methyl sites for hydroxylation is 2. The van der Waals surface area contributed by atoms with Crippen LogP contribution in [0.25, 0.3) is 0 Å². The van der Waals surface area contributed by atoms with Gasteiger partial charge in [-0.25, -0.2) is 4.79 Å². The van der Waals surface area contributed by atoms with Gasteiger partial charge in [0, 0.05) is 31.0 Å². The molecular formula is C15H21N5O3. The summed E-state index contributed by atoms with van der Waals surface area (Å²) in [7, 11) is 0. The number of nitrogens with zero attached hydrogens (tertiary/aromatic N) is 3. The van der Waals surface area contributed by atoms with Gasteiger partial charge in [-0.1, -0.05) is 6.92 Å².